The summed E-state index contributed by atoms with van der Waals surface area (Å²) in [6, 6.07) is 8.09. The number of nitrogens with zero attached hydrogens (tertiary/aromatic N) is 3. The van der Waals surface area contributed by atoms with Crippen molar-refractivity contribution in [1.29, 1.82) is 0 Å². The fourth-order valence-electron chi connectivity index (χ4n) is 3.15. The molecule has 0 aliphatic carbocycles. The fourth-order valence-corrected chi connectivity index (χ4v) is 4.20. The lowest BCUT2D eigenvalue weighted by Gasteiger charge is -2.33. The highest BCUT2D eigenvalue weighted by molar-refractivity contribution is 7.11. The van der Waals surface area contributed by atoms with Gasteiger partial charge in [0.1, 0.15) is 15.8 Å². The average Bonchev–Trinajstić information content (AvgIpc) is 3.09. The Balaban J connectivity index is 1.54. The molecule has 0 bridgehead atoms. The lowest BCUT2D eigenvalue weighted by atomic mass is 9.98. The number of benzene rings is 1. The molecule has 0 spiro atoms. The van der Waals surface area contributed by atoms with E-state index < -0.39 is 0 Å². The molecular formula is C20H28N4O2S. The van der Waals surface area contributed by atoms with Gasteiger partial charge in [0.05, 0.1) is 7.11 Å². The first kappa shape index (κ1) is 19.6. The van der Waals surface area contributed by atoms with Crippen molar-refractivity contribution in [3.63, 3.8) is 0 Å². The van der Waals surface area contributed by atoms with Gasteiger partial charge in [0, 0.05) is 31.0 Å². The van der Waals surface area contributed by atoms with Gasteiger partial charge in [0.2, 0.25) is 0 Å². The minimum atomic E-state index is -0.205. The van der Waals surface area contributed by atoms with Crippen LogP contribution in [0.1, 0.15) is 55.1 Å². The van der Waals surface area contributed by atoms with Crippen LogP contribution in [0, 0.1) is 0 Å². The number of urea groups is 1. The van der Waals surface area contributed by atoms with Crippen LogP contribution < -0.4 is 10.1 Å². The first-order valence-corrected chi connectivity index (χ1v) is 10.2. The van der Waals surface area contributed by atoms with Crippen molar-refractivity contribution in [2.45, 2.75) is 51.5 Å². The van der Waals surface area contributed by atoms with Crippen LogP contribution in [-0.2, 0) is 6.42 Å². The summed E-state index contributed by atoms with van der Waals surface area (Å²) in [6.45, 7) is 7.54. The molecule has 1 saturated heterocycles. The molecule has 1 aliphatic rings. The van der Waals surface area contributed by atoms with E-state index >= 15 is 0 Å². The molecule has 27 heavy (non-hydrogen) atoms. The van der Waals surface area contributed by atoms with Gasteiger partial charge in [-0.2, -0.15) is 0 Å². The minimum absolute atomic E-state index is 0.0263. The van der Waals surface area contributed by atoms with Crippen LogP contribution in [0.3, 0.4) is 0 Å². The van der Waals surface area contributed by atoms with E-state index in [0.29, 0.717) is 5.92 Å². The molecule has 1 N–H and O–H groups in total. The van der Waals surface area contributed by atoms with Gasteiger partial charge in [0.15, 0.2) is 0 Å². The maximum Gasteiger partial charge on any atom is 0.317 e. The van der Waals surface area contributed by atoms with Crippen LogP contribution in [0.15, 0.2) is 24.3 Å². The Hall–Kier alpha value is -2.15. The molecule has 3 rings (SSSR count). The molecule has 6 nitrogen and oxygen atoms in total. The maximum absolute atomic E-state index is 12.3. The van der Waals surface area contributed by atoms with E-state index in [-0.39, 0.29) is 11.6 Å². The second-order valence-electron chi connectivity index (χ2n) is 8.00. The number of piperidine rings is 1. The van der Waals surface area contributed by atoms with E-state index in [4.69, 9.17) is 4.74 Å². The Morgan fingerprint density at radius 3 is 2.48 bits per heavy atom. The van der Waals surface area contributed by atoms with Crippen molar-refractivity contribution in [3.8, 4) is 5.75 Å². The summed E-state index contributed by atoms with van der Waals surface area (Å²) in [6.07, 6.45) is 2.66. The molecule has 2 heterocycles. The number of hydrogen-bond donors (Lipinski definition) is 1. The number of rotatable bonds is 4. The number of nitrogens with one attached hydrogen (secondary N) is 1. The van der Waals surface area contributed by atoms with Gasteiger partial charge in [-0.05, 0) is 51.3 Å². The molecular weight excluding hydrogens is 360 g/mol. The zero-order valence-electron chi connectivity index (χ0n) is 16.5. The number of carbonyl (C=O) groups excluding carboxylic acids is 1. The largest absolute Gasteiger partial charge is 0.497 e. The van der Waals surface area contributed by atoms with Crippen LogP contribution in [-0.4, -0.2) is 46.9 Å². The van der Waals surface area contributed by atoms with Gasteiger partial charge in [-0.15, -0.1) is 21.5 Å². The van der Waals surface area contributed by atoms with Crippen molar-refractivity contribution in [2.75, 3.05) is 20.2 Å². The van der Waals surface area contributed by atoms with Gasteiger partial charge in [-0.3, -0.25) is 0 Å². The fraction of sp³-hybridized carbons (Fsp3) is 0.550. The lowest BCUT2D eigenvalue weighted by Crippen LogP contribution is -2.50. The highest BCUT2D eigenvalue weighted by Gasteiger charge is 2.27. The summed E-state index contributed by atoms with van der Waals surface area (Å²) < 4.78 is 5.20. The van der Waals surface area contributed by atoms with Crippen molar-refractivity contribution in [3.05, 3.63) is 39.8 Å². The number of ether oxygens (including phenoxy) is 1. The Bertz CT molecular complexity index is 759. The van der Waals surface area contributed by atoms with Crippen LogP contribution in [0.2, 0.25) is 0 Å². The van der Waals surface area contributed by atoms with Crippen molar-refractivity contribution in [2.24, 2.45) is 0 Å². The van der Waals surface area contributed by atoms with E-state index in [9.17, 15) is 4.79 Å². The van der Waals surface area contributed by atoms with Gasteiger partial charge in [-0.25, -0.2) is 4.79 Å². The van der Waals surface area contributed by atoms with E-state index in [0.717, 1.165) is 48.1 Å². The van der Waals surface area contributed by atoms with Crippen LogP contribution in [0.4, 0.5) is 4.79 Å². The Morgan fingerprint density at radius 1 is 1.22 bits per heavy atom. The topological polar surface area (TPSA) is 67.4 Å². The van der Waals surface area contributed by atoms with Gasteiger partial charge < -0.3 is 15.0 Å². The first-order valence-electron chi connectivity index (χ1n) is 9.36. The smallest absolute Gasteiger partial charge is 0.317 e. The number of carbonyl (C=O) groups is 1. The third kappa shape index (κ3) is 5.42. The predicted molar refractivity (Wildman–Crippen MR) is 108 cm³/mol. The molecule has 0 saturated carbocycles. The average molecular weight is 389 g/mol. The van der Waals surface area contributed by atoms with E-state index in [1.807, 2.05) is 37.8 Å². The number of aromatic nitrogens is 2. The first-order chi connectivity index (χ1) is 12.8. The summed E-state index contributed by atoms with van der Waals surface area (Å²) in [4.78, 5) is 14.2. The number of likely N-dealkylation sites (tertiary alicyclic amines) is 1. The third-order valence-corrected chi connectivity index (χ3v) is 5.70. The summed E-state index contributed by atoms with van der Waals surface area (Å²) in [5.74, 6) is 1.25. The molecule has 7 heteroatoms. The van der Waals surface area contributed by atoms with Gasteiger partial charge >= 0.3 is 6.03 Å². The normalized spacial score (nSPS) is 15.6. The van der Waals surface area contributed by atoms with Crippen molar-refractivity contribution >= 4 is 17.4 Å². The number of amides is 2. The monoisotopic (exact) mass is 388 g/mol. The van der Waals surface area contributed by atoms with Gasteiger partial charge in [-0.1, -0.05) is 12.1 Å². The van der Waals surface area contributed by atoms with Crippen LogP contribution >= 0.6 is 11.3 Å². The minimum Gasteiger partial charge on any atom is -0.497 e. The number of hydrogen-bond acceptors (Lipinski definition) is 5. The molecule has 146 valence electrons. The summed E-state index contributed by atoms with van der Waals surface area (Å²) in [7, 11) is 1.67. The van der Waals surface area contributed by atoms with E-state index in [2.05, 4.69) is 27.6 Å². The zero-order chi connectivity index (χ0) is 19.4. The molecule has 2 amide bonds. The summed E-state index contributed by atoms with van der Waals surface area (Å²) in [5.41, 5.74) is 0.996. The van der Waals surface area contributed by atoms with Crippen LogP contribution in [0.5, 0.6) is 5.75 Å². The summed E-state index contributed by atoms with van der Waals surface area (Å²) >= 11 is 1.69. The van der Waals surface area contributed by atoms with Crippen molar-refractivity contribution in [1.82, 2.24) is 20.4 Å². The second kappa shape index (κ2) is 8.25. The highest BCUT2D eigenvalue weighted by atomic mass is 32.1. The molecule has 2 aromatic rings. The van der Waals surface area contributed by atoms with E-state index in [1.54, 1.807) is 18.4 Å². The molecule has 1 aromatic heterocycles. The highest BCUT2D eigenvalue weighted by Crippen LogP contribution is 2.31. The standard InChI is InChI=1S/C20H28N4O2S/c1-20(2,3)21-19(25)24-11-9-15(10-12-24)18-23-22-17(27-18)13-14-5-7-16(26-4)8-6-14/h5-8,15H,9-13H2,1-4H3,(H,21,25). The maximum atomic E-state index is 12.3. The molecule has 1 aromatic carbocycles. The second-order valence-corrected chi connectivity index (χ2v) is 9.09. The third-order valence-electron chi connectivity index (χ3n) is 4.61. The Morgan fingerprint density at radius 2 is 1.89 bits per heavy atom. The molecule has 1 fully saturated rings. The molecule has 0 radical (unpaired) electrons. The number of methoxy groups -OCH3 is 1. The Kier molecular flexibility index (Phi) is 5.99. The molecule has 0 atom stereocenters. The zero-order valence-corrected chi connectivity index (χ0v) is 17.3. The van der Waals surface area contributed by atoms with E-state index in [1.165, 1.54) is 5.56 Å². The van der Waals surface area contributed by atoms with Crippen molar-refractivity contribution < 1.29 is 9.53 Å². The Labute approximate surface area is 164 Å². The SMILES string of the molecule is COc1ccc(Cc2nnc(C3CCN(C(=O)NC(C)(C)C)CC3)s2)cc1. The van der Waals surface area contributed by atoms with Gasteiger partial charge in [0.25, 0.3) is 0 Å². The summed E-state index contributed by atoms with van der Waals surface area (Å²) in [5, 5.41) is 14.0. The molecule has 1 aliphatic heterocycles. The quantitative estimate of drug-likeness (QED) is 0.864. The predicted octanol–water partition coefficient (Wildman–Crippen LogP) is 3.83. The lowest BCUT2D eigenvalue weighted by molar-refractivity contribution is 0.173. The van der Waals surface area contributed by atoms with Crippen LogP contribution in [0.25, 0.3) is 0 Å². The molecule has 0 unspecified atom stereocenters.